The normalized spacial score (nSPS) is 20.9. The molecule has 0 aromatic carbocycles. The number of piperidine rings is 1. The number of ether oxygens (including phenoxy) is 1. The van der Waals surface area contributed by atoms with Gasteiger partial charge in [-0.15, -0.1) is 0 Å². The van der Waals surface area contributed by atoms with Gasteiger partial charge in [0, 0.05) is 6.20 Å². The average molecular weight is 237 g/mol. The summed E-state index contributed by atoms with van der Waals surface area (Å²) in [4.78, 5) is 4.07. The van der Waals surface area contributed by atoms with Crippen LogP contribution in [0.1, 0.15) is 24.4 Å². The van der Waals surface area contributed by atoms with Crippen LogP contribution < -0.4 is 15.8 Å². The van der Waals surface area contributed by atoms with E-state index in [0.717, 1.165) is 18.7 Å². The number of aliphatic hydroxyl groups is 1. The van der Waals surface area contributed by atoms with Gasteiger partial charge in [0.05, 0.1) is 24.9 Å². The van der Waals surface area contributed by atoms with E-state index in [-0.39, 0.29) is 0 Å². The summed E-state index contributed by atoms with van der Waals surface area (Å²) >= 11 is 0. The number of pyridine rings is 1. The van der Waals surface area contributed by atoms with Crippen molar-refractivity contribution in [1.82, 2.24) is 10.3 Å². The van der Waals surface area contributed by atoms with E-state index in [1.807, 2.05) is 6.07 Å². The Balaban J connectivity index is 2.19. The van der Waals surface area contributed by atoms with Crippen molar-refractivity contribution >= 4 is 0 Å². The Bertz CT molecular complexity index is 378. The molecule has 2 rings (SSSR count). The molecule has 1 aromatic heterocycles. The second kappa shape index (κ2) is 5.00. The van der Waals surface area contributed by atoms with Gasteiger partial charge in [-0.3, -0.25) is 4.98 Å². The van der Waals surface area contributed by atoms with Gasteiger partial charge in [0.25, 0.3) is 0 Å². The molecule has 1 unspecified atom stereocenters. The molecule has 1 atom stereocenters. The molecule has 1 aromatic rings. The van der Waals surface area contributed by atoms with Gasteiger partial charge in [-0.2, -0.15) is 0 Å². The van der Waals surface area contributed by atoms with Crippen molar-refractivity contribution in [3.63, 3.8) is 0 Å². The summed E-state index contributed by atoms with van der Waals surface area (Å²) in [6.45, 7) is 1.59. The standard InChI is InChI=1S/C12H19N3O2/c1-17-10-6-9(7-15-8-10)11(13)12(16)2-4-14-5-3-12/h6-8,11,14,16H,2-5,13H2,1H3. The molecule has 5 nitrogen and oxygen atoms in total. The van der Waals surface area contributed by atoms with Crippen LogP contribution in [0.25, 0.3) is 0 Å². The lowest BCUT2D eigenvalue weighted by Gasteiger charge is -2.37. The predicted octanol–water partition coefficient (Wildman–Crippen LogP) is 0.204. The second-order valence-corrected chi connectivity index (χ2v) is 4.49. The van der Waals surface area contributed by atoms with Crippen LogP contribution in [0.5, 0.6) is 5.75 Å². The Hall–Kier alpha value is -1.17. The molecule has 0 bridgehead atoms. The molecule has 0 radical (unpaired) electrons. The van der Waals surface area contributed by atoms with Crippen molar-refractivity contribution in [1.29, 1.82) is 0 Å². The Morgan fingerprint density at radius 1 is 1.47 bits per heavy atom. The number of methoxy groups -OCH3 is 1. The van der Waals surface area contributed by atoms with Crippen LogP contribution in [-0.2, 0) is 0 Å². The minimum atomic E-state index is -0.848. The molecule has 17 heavy (non-hydrogen) atoms. The van der Waals surface area contributed by atoms with Gasteiger partial charge in [0.2, 0.25) is 0 Å². The van der Waals surface area contributed by atoms with Crippen LogP contribution in [0.4, 0.5) is 0 Å². The molecule has 5 heteroatoms. The summed E-state index contributed by atoms with van der Waals surface area (Å²) in [6.07, 6.45) is 4.63. The topological polar surface area (TPSA) is 80.4 Å². The summed E-state index contributed by atoms with van der Waals surface area (Å²) in [5.74, 6) is 0.662. The van der Waals surface area contributed by atoms with Crippen LogP contribution >= 0.6 is 0 Å². The highest BCUT2D eigenvalue weighted by Crippen LogP contribution is 2.32. The maximum atomic E-state index is 10.5. The molecule has 0 saturated carbocycles. The number of rotatable bonds is 3. The van der Waals surface area contributed by atoms with Crippen molar-refractivity contribution < 1.29 is 9.84 Å². The number of aromatic nitrogens is 1. The van der Waals surface area contributed by atoms with Gasteiger partial charge >= 0.3 is 0 Å². The molecule has 94 valence electrons. The first-order chi connectivity index (χ1) is 8.15. The molecule has 0 aliphatic carbocycles. The highest BCUT2D eigenvalue weighted by Gasteiger charge is 2.36. The smallest absolute Gasteiger partial charge is 0.137 e. The minimum Gasteiger partial charge on any atom is -0.495 e. The van der Waals surface area contributed by atoms with Crippen LogP contribution in [0.15, 0.2) is 18.5 Å². The number of hydrogen-bond donors (Lipinski definition) is 3. The van der Waals surface area contributed by atoms with Gasteiger partial charge in [0.15, 0.2) is 0 Å². The maximum Gasteiger partial charge on any atom is 0.137 e. The zero-order valence-electron chi connectivity index (χ0n) is 10.0. The Morgan fingerprint density at radius 3 is 2.82 bits per heavy atom. The van der Waals surface area contributed by atoms with Gasteiger partial charge in [-0.05, 0) is 37.6 Å². The molecule has 1 aliphatic heterocycles. The number of nitrogens with zero attached hydrogens (tertiary/aromatic N) is 1. The lowest BCUT2D eigenvalue weighted by molar-refractivity contribution is -0.0144. The van der Waals surface area contributed by atoms with E-state index < -0.39 is 11.6 Å². The Kier molecular flexibility index (Phi) is 3.61. The fourth-order valence-corrected chi connectivity index (χ4v) is 2.20. The van der Waals surface area contributed by atoms with Crippen molar-refractivity contribution in [2.75, 3.05) is 20.2 Å². The van der Waals surface area contributed by atoms with Crippen LogP contribution in [0.2, 0.25) is 0 Å². The molecular weight excluding hydrogens is 218 g/mol. The Morgan fingerprint density at radius 2 is 2.18 bits per heavy atom. The predicted molar refractivity (Wildman–Crippen MR) is 64.8 cm³/mol. The van der Waals surface area contributed by atoms with Crippen molar-refractivity contribution in [3.05, 3.63) is 24.0 Å². The van der Waals surface area contributed by atoms with Crippen LogP contribution in [0, 0.1) is 0 Å². The van der Waals surface area contributed by atoms with E-state index in [2.05, 4.69) is 10.3 Å². The van der Waals surface area contributed by atoms with Crippen LogP contribution in [0.3, 0.4) is 0 Å². The monoisotopic (exact) mass is 237 g/mol. The van der Waals surface area contributed by atoms with Crippen molar-refractivity contribution in [2.45, 2.75) is 24.5 Å². The summed E-state index contributed by atoms with van der Waals surface area (Å²) in [5.41, 5.74) is 6.12. The first-order valence-electron chi connectivity index (χ1n) is 5.83. The molecule has 2 heterocycles. The van der Waals surface area contributed by atoms with E-state index in [1.165, 1.54) is 0 Å². The number of nitrogens with two attached hydrogens (primary N) is 1. The number of hydrogen-bond acceptors (Lipinski definition) is 5. The fraction of sp³-hybridized carbons (Fsp3) is 0.583. The molecule has 1 fully saturated rings. The fourth-order valence-electron chi connectivity index (χ4n) is 2.20. The van der Waals surface area contributed by atoms with E-state index in [1.54, 1.807) is 19.5 Å². The van der Waals surface area contributed by atoms with Crippen molar-refractivity contribution in [3.8, 4) is 5.75 Å². The van der Waals surface area contributed by atoms with E-state index in [0.29, 0.717) is 18.6 Å². The summed E-state index contributed by atoms with van der Waals surface area (Å²) in [5, 5.41) is 13.7. The summed E-state index contributed by atoms with van der Waals surface area (Å²) in [6, 6.07) is 1.41. The Labute approximate surface area is 101 Å². The van der Waals surface area contributed by atoms with E-state index in [4.69, 9.17) is 10.5 Å². The molecule has 1 saturated heterocycles. The van der Waals surface area contributed by atoms with E-state index in [9.17, 15) is 5.11 Å². The zero-order valence-corrected chi connectivity index (χ0v) is 10.0. The van der Waals surface area contributed by atoms with Gasteiger partial charge in [-0.1, -0.05) is 0 Å². The maximum absolute atomic E-state index is 10.5. The van der Waals surface area contributed by atoms with Crippen LogP contribution in [-0.4, -0.2) is 35.9 Å². The highest BCUT2D eigenvalue weighted by atomic mass is 16.5. The van der Waals surface area contributed by atoms with Crippen molar-refractivity contribution in [2.24, 2.45) is 5.73 Å². The third kappa shape index (κ3) is 2.57. The summed E-state index contributed by atoms with van der Waals surface area (Å²) < 4.78 is 5.11. The minimum absolute atomic E-state index is 0.424. The third-order valence-electron chi connectivity index (χ3n) is 3.38. The first kappa shape index (κ1) is 12.3. The molecule has 1 aliphatic rings. The lowest BCUT2D eigenvalue weighted by Crippen LogP contribution is -2.49. The first-order valence-corrected chi connectivity index (χ1v) is 5.83. The van der Waals surface area contributed by atoms with E-state index >= 15 is 0 Å². The lowest BCUT2D eigenvalue weighted by atomic mass is 9.82. The SMILES string of the molecule is COc1cncc(C(N)C2(O)CCNCC2)c1. The molecule has 4 N–H and O–H groups in total. The molecule has 0 amide bonds. The van der Waals surface area contributed by atoms with Gasteiger partial charge < -0.3 is 20.9 Å². The third-order valence-corrected chi connectivity index (χ3v) is 3.38. The quantitative estimate of drug-likeness (QED) is 0.700. The van der Waals surface area contributed by atoms with Gasteiger partial charge in [0.1, 0.15) is 5.75 Å². The molecular formula is C12H19N3O2. The highest BCUT2D eigenvalue weighted by molar-refractivity contribution is 5.27. The van der Waals surface area contributed by atoms with Gasteiger partial charge in [-0.25, -0.2) is 0 Å². The summed E-state index contributed by atoms with van der Waals surface area (Å²) in [7, 11) is 1.59. The molecule has 0 spiro atoms. The average Bonchev–Trinajstić information content (AvgIpc) is 2.39. The largest absolute Gasteiger partial charge is 0.495 e. The second-order valence-electron chi connectivity index (χ2n) is 4.49. The number of nitrogens with one attached hydrogen (secondary N) is 1. The zero-order chi connectivity index (χ0) is 12.3.